The van der Waals surface area contributed by atoms with Crippen LogP contribution >= 0.6 is 15.9 Å². The molecular weight excluding hydrogens is 140 g/mol. The Bertz CT molecular complexity index is 39.2. The molecule has 0 rings (SSSR count). The quantitative estimate of drug-likeness (QED) is 0.564. The topological polar surface area (TPSA) is 0 Å². The van der Waals surface area contributed by atoms with E-state index in [9.17, 15) is 0 Å². The van der Waals surface area contributed by atoms with Gasteiger partial charge in [0.25, 0.3) is 0 Å². The van der Waals surface area contributed by atoms with E-state index in [4.69, 9.17) is 0 Å². The lowest BCUT2D eigenvalue weighted by Gasteiger charge is -1.75. The summed E-state index contributed by atoms with van der Waals surface area (Å²) in [7, 11) is 0. The summed E-state index contributed by atoms with van der Waals surface area (Å²) in [5.41, 5.74) is 0. The number of halogens is 1. The van der Waals surface area contributed by atoms with Gasteiger partial charge in [-0.15, -0.1) is 0 Å². The molecule has 0 bridgehead atoms. The molecule has 0 spiro atoms. The molecule has 0 fully saturated rings. The second kappa shape index (κ2) is 5.22. The molecule has 0 aliphatic rings. The summed E-state index contributed by atoms with van der Waals surface area (Å²) in [6.07, 6.45) is 4.10. The predicted octanol–water partition coefficient (Wildman–Crippen LogP) is 2.51. The number of rotatable bonds is 2. The Hall–Kier alpha value is 0.220. The van der Waals surface area contributed by atoms with Crippen LogP contribution in [0.5, 0.6) is 0 Å². The first-order chi connectivity index (χ1) is 2.91. The first kappa shape index (κ1) is 6.22. The Morgan fingerprint density at radius 2 is 2.33 bits per heavy atom. The van der Waals surface area contributed by atoms with Crippen LogP contribution in [0.3, 0.4) is 0 Å². The third-order valence-electron chi connectivity index (χ3n) is 0.460. The minimum Gasteiger partial charge on any atom is -0.0776 e. The predicted molar refractivity (Wildman–Crippen MR) is 32.7 cm³/mol. The Morgan fingerprint density at radius 3 is 2.50 bits per heavy atom. The molecular formula is C5H8Br. The molecule has 1 heteroatoms. The molecule has 0 unspecified atom stereocenters. The van der Waals surface area contributed by atoms with Crippen molar-refractivity contribution in [3.8, 4) is 0 Å². The molecule has 0 aromatic heterocycles. The van der Waals surface area contributed by atoms with E-state index in [1.54, 1.807) is 0 Å². The Labute approximate surface area is 47.4 Å². The van der Waals surface area contributed by atoms with Crippen molar-refractivity contribution in [3.05, 3.63) is 18.0 Å². The minimum atomic E-state index is 0.988. The van der Waals surface area contributed by atoms with Crippen LogP contribution in [0.1, 0.15) is 12.8 Å². The lowest BCUT2D eigenvalue weighted by Crippen LogP contribution is -1.55. The average Bonchev–Trinajstić information content (AvgIpc) is 1.61. The van der Waals surface area contributed by atoms with Gasteiger partial charge in [-0.05, 0) is 17.8 Å². The average molecular weight is 148 g/mol. The number of unbranched alkanes of at least 4 members (excludes halogenated alkanes) is 1. The molecule has 0 nitrogen and oxygen atoms in total. The maximum Gasteiger partial charge on any atom is -0.0229 e. The van der Waals surface area contributed by atoms with Crippen molar-refractivity contribution in [3.63, 3.8) is 0 Å². The summed E-state index contributed by atoms with van der Waals surface area (Å²) >= 11 is 3.14. The second-order valence-electron chi connectivity index (χ2n) is 1.00. The van der Waals surface area contributed by atoms with E-state index in [-0.39, 0.29) is 0 Å². The summed E-state index contributed by atoms with van der Waals surface area (Å²) in [4.78, 5) is 1.86. The standard InChI is InChI=1S/C5H8Br/c1-2-3-4-5-6/h4-5H,1-3H2. The monoisotopic (exact) mass is 147 g/mol. The molecule has 0 N–H and O–H groups in total. The molecule has 0 saturated carbocycles. The van der Waals surface area contributed by atoms with E-state index in [1.807, 2.05) is 11.1 Å². The van der Waals surface area contributed by atoms with Gasteiger partial charge in [-0.3, -0.25) is 0 Å². The van der Waals surface area contributed by atoms with Gasteiger partial charge in [0.1, 0.15) is 0 Å². The maximum atomic E-state index is 3.65. The van der Waals surface area contributed by atoms with E-state index < -0.39 is 0 Å². The van der Waals surface area contributed by atoms with Crippen molar-refractivity contribution >= 4 is 15.9 Å². The molecule has 0 aromatic carbocycles. The zero-order valence-corrected chi connectivity index (χ0v) is 5.24. The minimum absolute atomic E-state index is 0.988. The van der Waals surface area contributed by atoms with Crippen LogP contribution in [0, 0.1) is 6.92 Å². The molecule has 0 amide bonds. The summed E-state index contributed by atoms with van der Waals surface area (Å²) in [6, 6.07) is 0. The number of hydrogen-bond acceptors (Lipinski definition) is 0. The molecule has 0 aromatic rings. The third kappa shape index (κ3) is 4.22. The van der Waals surface area contributed by atoms with Crippen molar-refractivity contribution in [1.82, 2.24) is 0 Å². The van der Waals surface area contributed by atoms with Gasteiger partial charge in [0.15, 0.2) is 0 Å². The Balaban J connectivity index is 2.66. The van der Waals surface area contributed by atoms with Crippen LogP contribution in [-0.2, 0) is 0 Å². The number of hydrogen-bond donors (Lipinski definition) is 0. The second-order valence-corrected chi connectivity index (χ2v) is 1.53. The lowest BCUT2D eigenvalue weighted by atomic mass is 10.3. The Morgan fingerprint density at radius 1 is 1.67 bits per heavy atom. The van der Waals surface area contributed by atoms with Crippen molar-refractivity contribution in [2.75, 3.05) is 0 Å². The van der Waals surface area contributed by atoms with Crippen LogP contribution < -0.4 is 0 Å². The van der Waals surface area contributed by atoms with Crippen LogP contribution in [0.2, 0.25) is 0 Å². The highest BCUT2D eigenvalue weighted by Gasteiger charge is 1.65. The molecule has 0 atom stereocenters. The van der Waals surface area contributed by atoms with Gasteiger partial charge >= 0.3 is 0 Å². The third-order valence-corrected chi connectivity index (χ3v) is 0.834. The molecule has 0 aliphatic carbocycles. The van der Waals surface area contributed by atoms with Crippen LogP contribution in [0.15, 0.2) is 11.1 Å². The van der Waals surface area contributed by atoms with Gasteiger partial charge in [0, 0.05) is 0 Å². The van der Waals surface area contributed by atoms with Gasteiger partial charge in [-0.1, -0.05) is 28.9 Å². The summed E-state index contributed by atoms with van der Waals surface area (Å²) in [5.74, 6) is 0. The van der Waals surface area contributed by atoms with Gasteiger partial charge < -0.3 is 0 Å². The van der Waals surface area contributed by atoms with Crippen molar-refractivity contribution < 1.29 is 0 Å². The van der Waals surface area contributed by atoms with Crippen molar-refractivity contribution in [2.24, 2.45) is 0 Å². The normalized spacial score (nSPS) is 10.3. The fourth-order valence-corrected chi connectivity index (χ4v) is 0.445. The highest BCUT2D eigenvalue weighted by atomic mass is 79.9. The van der Waals surface area contributed by atoms with Gasteiger partial charge in [-0.2, -0.15) is 0 Å². The van der Waals surface area contributed by atoms with Crippen LogP contribution in [-0.4, -0.2) is 0 Å². The fraction of sp³-hybridized carbons (Fsp3) is 0.400. The summed E-state index contributed by atoms with van der Waals surface area (Å²) < 4.78 is 0. The molecule has 0 heterocycles. The SMILES string of the molecule is [CH2]CCC=CBr. The lowest BCUT2D eigenvalue weighted by molar-refractivity contribution is 1.05. The van der Waals surface area contributed by atoms with Gasteiger partial charge in [-0.25, -0.2) is 0 Å². The smallest absolute Gasteiger partial charge is 0.0229 e. The summed E-state index contributed by atoms with van der Waals surface area (Å²) in [5, 5.41) is 0. The van der Waals surface area contributed by atoms with E-state index in [1.165, 1.54) is 0 Å². The van der Waals surface area contributed by atoms with Crippen LogP contribution in [0.4, 0.5) is 0 Å². The fourth-order valence-electron chi connectivity index (χ4n) is 0.181. The zero-order chi connectivity index (χ0) is 4.83. The van der Waals surface area contributed by atoms with E-state index >= 15 is 0 Å². The highest BCUT2D eigenvalue weighted by Crippen LogP contribution is 1.90. The van der Waals surface area contributed by atoms with E-state index in [2.05, 4.69) is 22.9 Å². The van der Waals surface area contributed by atoms with Crippen molar-refractivity contribution in [1.29, 1.82) is 0 Å². The molecule has 1 radical (unpaired) electrons. The first-order valence-corrected chi connectivity index (χ1v) is 2.88. The molecule has 35 valence electrons. The first-order valence-electron chi connectivity index (χ1n) is 1.96. The zero-order valence-electron chi connectivity index (χ0n) is 3.65. The summed E-state index contributed by atoms with van der Waals surface area (Å²) in [6.45, 7) is 3.65. The largest absolute Gasteiger partial charge is 0.0776 e. The molecule has 6 heavy (non-hydrogen) atoms. The molecule has 0 saturated heterocycles. The van der Waals surface area contributed by atoms with Crippen LogP contribution in [0.25, 0.3) is 0 Å². The number of allylic oxidation sites excluding steroid dienone is 1. The van der Waals surface area contributed by atoms with E-state index in [0.29, 0.717) is 0 Å². The Kier molecular flexibility index (Phi) is 5.41. The van der Waals surface area contributed by atoms with Gasteiger partial charge in [0.2, 0.25) is 0 Å². The maximum absolute atomic E-state index is 3.65. The highest BCUT2D eigenvalue weighted by molar-refractivity contribution is 9.11. The van der Waals surface area contributed by atoms with Crippen molar-refractivity contribution in [2.45, 2.75) is 12.8 Å². The van der Waals surface area contributed by atoms with E-state index in [0.717, 1.165) is 12.8 Å². The molecule has 0 aliphatic heterocycles. The van der Waals surface area contributed by atoms with Gasteiger partial charge in [0.05, 0.1) is 0 Å².